The van der Waals surface area contributed by atoms with Gasteiger partial charge in [0.2, 0.25) is 0 Å². The van der Waals surface area contributed by atoms with Gasteiger partial charge in [0, 0.05) is 12.7 Å². The summed E-state index contributed by atoms with van der Waals surface area (Å²) in [6.07, 6.45) is 3.03. The lowest BCUT2D eigenvalue weighted by atomic mass is 10.2. The fourth-order valence-electron chi connectivity index (χ4n) is 1.90. The largest absolute Gasteiger partial charge is 0.444 e. The summed E-state index contributed by atoms with van der Waals surface area (Å²) in [5.74, 6) is 0. The van der Waals surface area contributed by atoms with Crippen LogP contribution in [0.15, 0.2) is 16.9 Å². The molecule has 1 amide bonds. The molecule has 0 saturated heterocycles. The number of halogens is 1. The molecule has 0 saturated carbocycles. The minimum absolute atomic E-state index is 0.0852. The molecule has 1 heterocycles. The fraction of sp³-hybridized carbons (Fsp3) is 0.765. The number of carbonyl (C=O) groups is 1. The summed E-state index contributed by atoms with van der Waals surface area (Å²) < 4.78 is 14.5. The van der Waals surface area contributed by atoms with Crippen LogP contribution in [0.4, 0.5) is 4.79 Å². The lowest BCUT2D eigenvalue weighted by Gasteiger charge is -2.39. The summed E-state index contributed by atoms with van der Waals surface area (Å²) in [7, 11) is -1.98. The topological polar surface area (TPSA) is 65.4 Å². The molecule has 0 spiro atoms. The third-order valence-corrected chi connectivity index (χ3v) is 9.08. The van der Waals surface area contributed by atoms with Crippen molar-refractivity contribution in [3.8, 4) is 0 Å². The number of alkyl carbamates (subject to hydrolysis) is 1. The molecular formula is C17H32BrN3O3Si. The Morgan fingerprint density at radius 2 is 1.92 bits per heavy atom. The molecular weight excluding hydrogens is 402 g/mol. The van der Waals surface area contributed by atoms with E-state index in [2.05, 4.69) is 60.2 Å². The van der Waals surface area contributed by atoms with Gasteiger partial charge in [-0.1, -0.05) is 20.8 Å². The Morgan fingerprint density at radius 1 is 1.32 bits per heavy atom. The second-order valence-corrected chi connectivity index (χ2v) is 14.4. The van der Waals surface area contributed by atoms with Gasteiger partial charge < -0.3 is 14.5 Å². The standard InChI is InChI=1S/C17H32BrN3O3Si/c1-16(2,3)23-15(22)19-10-14(12-21-11-13(18)9-20-21)24-25(7,8)17(4,5)6/h9,11,14H,10,12H2,1-8H3,(H,19,22)/t14-/m0/s1. The van der Waals surface area contributed by atoms with E-state index < -0.39 is 20.0 Å². The zero-order chi connectivity index (χ0) is 19.5. The number of nitrogens with zero attached hydrogens (tertiary/aromatic N) is 2. The van der Waals surface area contributed by atoms with E-state index in [-0.39, 0.29) is 11.1 Å². The maximum Gasteiger partial charge on any atom is 0.407 e. The number of aromatic nitrogens is 2. The van der Waals surface area contributed by atoms with Crippen LogP contribution in [0, 0.1) is 0 Å². The van der Waals surface area contributed by atoms with Crippen LogP contribution in [0.25, 0.3) is 0 Å². The third-order valence-electron chi connectivity index (χ3n) is 4.13. The van der Waals surface area contributed by atoms with Gasteiger partial charge in [-0.05, 0) is 54.8 Å². The van der Waals surface area contributed by atoms with Crippen molar-refractivity contribution in [2.24, 2.45) is 0 Å². The smallest absolute Gasteiger partial charge is 0.407 e. The highest BCUT2D eigenvalue weighted by atomic mass is 79.9. The monoisotopic (exact) mass is 433 g/mol. The van der Waals surface area contributed by atoms with Gasteiger partial charge in [-0.3, -0.25) is 4.68 Å². The second kappa shape index (κ2) is 8.22. The molecule has 0 radical (unpaired) electrons. The molecule has 0 aliphatic rings. The SMILES string of the molecule is CC(C)(C)OC(=O)NC[C@@H](Cn1cc(Br)cn1)O[Si](C)(C)C(C)(C)C. The van der Waals surface area contributed by atoms with Crippen molar-refractivity contribution < 1.29 is 14.0 Å². The van der Waals surface area contributed by atoms with E-state index >= 15 is 0 Å². The molecule has 0 bridgehead atoms. The van der Waals surface area contributed by atoms with Gasteiger partial charge in [0.25, 0.3) is 0 Å². The maximum absolute atomic E-state index is 12.0. The van der Waals surface area contributed by atoms with E-state index in [1.807, 2.05) is 31.6 Å². The summed E-state index contributed by atoms with van der Waals surface area (Å²) >= 11 is 3.41. The van der Waals surface area contributed by atoms with Gasteiger partial charge in [0.15, 0.2) is 8.32 Å². The Bertz CT molecular complexity index is 576. The van der Waals surface area contributed by atoms with Crippen LogP contribution in [0.5, 0.6) is 0 Å². The highest BCUT2D eigenvalue weighted by molar-refractivity contribution is 9.10. The maximum atomic E-state index is 12.0. The van der Waals surface area contributed by atoms with Gasteiger partial charge in [0.1, 0.15) is 5.60 Å². The molecule has 1 aromatic heterocycles. The van der Waals surface area contributed by atoms with Crippen LogP contribution >= 0.6 is 15.9 Å². The Kier molecular flexibility index (Phi) is 7.29. The summed E-state index contributed by atoms with van der Waals surface area (Å²) in [5.41, 5.74) is -0.521. The van der Waals surface area contributed by atoms with E-state index in [1.165, 1.54) is 0 Å². The quantitative estimate of drug-likeness (QED) is 0.667. The molecule has 0 fully saturated rings. The summed E-state index contributed by atoms with van der Waals surface area (Å²) in [6.45, 7) is 17.5. The first kappa shape index (κ1) is 22.2. The average Bonchev–Trinajstić information content (AvgIpc) is 2.77. The highest BCUT2D eigenvalue weighted by Crippen LogP contribution is 2.37. The summed E-state index contributed by atoms with van der Waals surface area (Å²) in [4.78, 5) is 12.0. The molecule has 0 aliphatic heterocycles. The van der Waals surface area contributed by atoms with Crippen LogP contribution in [0.3, 0.4) is 0 Å². The van der Waals surface area contributed by atoms with Crippen molar-refractivity contribution in [2.45, 2.75) is 77.9 Å². The molecule has 144 valence electrons. The van der Waals surface area contributed by atoms with Crippen LogP contribution < -0.4 is 5.32 Å². The first-order chi connectivity index (χ1) is 11.2. The number of amides is 1. The number of ether oxygens (including phenoxy) is 1. The van der Waals surface area contributed by atoms with Crippen molar-refractivity contribution in [2.75, 3.05) is 6.54 Å². The lowest BCUT2D eigenvalue weighted by molar-refractivity contribution is 0.0488. The summed E-state index contributed by atoms with van der Waals surface area (Å²) in [6, 6.07) is 0. The van der Waals surface area contributed by atoms with E-state index in [4.69, 9.17) is 9.16 Å². The Labute approximate surface area is 160 Å². The van der Waals surface area contributed by atoms with Crippen LogP contribution in [0.2, 0.25) is 18.1 Å². The van der Waals surface area contributed by atoms with Gasteiger partial charge in [-0.2, -0.15) is 5.10 Å². The predicted molar refractivity (Wildman–Crippen MR) is 106 cm³/mol. The molecule has 0 aromatic carbocycles. The molecule has 25 heavy (non-hydrogen) atoms. The summed E-state index contributed by atoms with van der Waals surface area (Å²) in [5, 5.41) is 7.20. The van der Waals surface area contributed by atoms with Gasteiger partial charge in [0.05, 0.1) is 23.3 Å². The molecule has 0 unspecified atom stereocenters. The number of hydrogen-bond acceptors (Lipinski definition) is 4. The normalized spacial score (nSPS) is 14.3. The van der Waals surface area contributed by atoms with Crippen molar-refractivity contribution in [3.05, 3.63) is 16.9 Å². The fourth-order valence-corrected chi connectivity index (χ4v) is 3.57. The van der Waals surface area contributed by atoms with Crippen LogP contribution in [-0.4, -0.2) is 42.4 Å². The molecule has 1 rings (SSSR count). The molecule has 0 aliphatic carbocycles. The number of carbonyl (C=O) groups excluding carboxylic acids is 1. The molecule has 8 heteroatoms. The Balaban J connectivity index is 2.79. The molecule has 1 atom stereocenters. The minimum Gasteiger partial charge on any atom is -0.444 e. The lowest BCUT2D eigenvalue weighted by Crippen LogP contribution is -2.48. The van der Waals surface area contributed by atoms with E-state index in [1.54, 1.807) is 6.20 Å². The third kappa shape index (κ3) is 7.92. The molecule has 1 aromatic rings. The first-order valence-electron chi connectivity index (χ1n) is 8.52. The number of hydrogen-bond donors (Lipinski definition) is 1. The van der Waals surface area contributed by atoms with Crippen molar-refractivity contribution in [1.29, 1.82) is 0 Å². The van der Waals surface area contributed by atoms with E-state index in [0.29, 0.717) is 13.1 Å². The number of nitrogens with one attached hydrogen (secondary N) is 1. The Morgan fingerprint density at radius 3 is 2.36 bits per heavy atom. The van der Waals surface area contributed by atoms with Crippen LogP contribution in [0.1, 0.15) is 41.5 Å². The van der Waals surface area contributed by atoms with Crippen molar-refractivity contribution >= 4 is 30.3 Å². The zero-order valence-electron chi connectivity index (χ0n) is 16.6. The molecule has 1 N–H and O–H groups in total. The Hall–Kier alpha value is -0.863. The van der Waals surface area contributed by atoms with Gasteiger partial charge in [-0.25, -0.2) is 4.79 Å². The van der Waals surface area contributed by atoms with E-state index in [0.717, 1.165) is 4.47 Å². The van der Waals surface area contributed by atoms with Gasteiger partial charge >= 0.3 is 6.09 Å². The second-order valence-electron chi connectivity index (χ2n) is 8.76. The number of rotatable bonds is 6. The first-order valence-corrected chi connectivity index (χ1v) is 12.2. The zero-order valence-corrected chi connectivity index (χ0v) is 19.2. The van der Waals surface area contributed by atoms with Gasteiger partial charge in [-0.15, -0.1) is 0 Å². The predicted octanol–water partition coefficient (Wildman–Crippen LogP) is 4.56. The average molecular weight is 434 g/mol. The van der Waals surface area contributed by atoms with Crippen molar-refractivity contribution in [1.82, 2.24) is 15.1 Å². The van der Waals surface area contributed by atoms with E-state index in [9.17, 15) is 4.79 Å². The minimum atomic E-state index is -1.98. The van der Waals surface area contributed by atoms with Crippen molar-refractivity contribution in [3.63, 3.8) is 0 Å². The molecule has 6 nitrogen and oxygen atoms in total. The highest BCUT2D eigenvalue weighted by Gasteiger charge is 2.39. The van der Waals surface area contributed by atoms with Crippen LogP contribution in [-0.2, 0) is 15.7 Å².